The third-order valence-corrected chi connectivity index (χ3v) is 1.94. The van der Waals surface area contributed by atoms with Gasteiger partial charge in [0.2, 0.25) is 0 Å². The first-order chi connectivity index (χ1) is 6.63. The first kappa shape index (κ1) is 14.1. The summed E-state index contributed by atoms with van der Waals surface area (Å²) in [4.78, 5) is 10.7. The second kappa shape index (κ2) is 6.59. The van der Waals surface area contributed by atoms with Crippen molar-refractivity contribution in [3.63, 3.8) is 0 Å². The molecule has 0 aliphatic heterocycles. The van der Waals surface area contributed by atoms with Gasteiger partial charge >= 0.3 is 0 Å². The molecule has 2 N–H and O–H groups in total. The van der Waals surface area contributed by atoms with Crippen LogP contribution < -0.4 is 0 Å². The van der Waals surface area contributed by atoms with Gasteiger partial charge in [-0.05, 0) is 30.2 Å². The zero-order valence-corrected chi connectivity index (χ0v) is 11.2. The molecule has 0 radical (unpaired) electrons. The maximum absolute atomic E-state index is 10.7. The quantitative estimate of drug-likeness (QED) is 0.832. The SMILES string of the molecule is C[N-]C(Cc1cccc(O)c1)C(=O)O.[W]. The minimum Gasteiger partial charge on any atom is -0.653 e. The third kappa shape index (κ3) is 4.45. The number of aromatic hydroxyl groups is 1. The maximum Gasteiger partial charge on any atom is 0.285 e. The van der Waals surface area contributed by atoms with Gasteiger partial charge in [0.15, 0.2) is 0 Å². The Labute approximate surface area is 103 Å². The van der Waals surface area contributed by atoms with E-state index < -0.39 is 12.0 Å². The van der Waals surface area contributed by atoms with Crippen molar-refractivity contribution in [3.05, 3.63) is 35.1 Å². The molecule has 0 aliphatic carbocycles. The number of phenols is 1. The van der Waals surface area contributed by atoms with E-state index in [4.69, 9.17) is 10.2 Å². The summed E-state index contributed by atoms with van der Waals surface area (Å²) in [6.07, 6.45) is 0.306. The van der Waals surface area contributed by atoms with Crippen molar-refractivity contribution in [2.24, 2.45) is 0 Å². The van der Waals surface area contributed by atoms with Crippen LogP contribution in [0.5, 0.6) is 5.75 Å². The Balaban J connectivity index is 0.00000196. The van der Waals surface area contributed by atoms with Crippen LogP contribution in [0.15, 0.2) is 24.3 Å². The Morgan fingerprint density at radius 3 is 2.67 bits per heavy atom. The second-order valence-corrected chi connectivity index (χ2v) is 2.99. The van der Waals surface area contributed by atoms with E-state index >= 15 is 0 Å². The molecule has 0 saturated heterocycles. The summed E-state index contributed by atoms with van der Waals surface area (Å²) in [5.74, 6) is -0.807. The van der Waals surface area contributed by atoms with Gasteiger partial charge in [-0.25, -0.2) is 0 Å². The van der Waals surface area contributed by atoms with Crippen molar-refractivity contribution >= 4 is 5.97 Å². The molecule has 15 heavy (non-hydrogen) atoms. The van der Waals surface area contributed by atoms with Crippen molar-refractivity contribution in [2.75, 3.05) is 7.05 Å². The minimum absolute atomic E-state index is 0. The predicted molar refractivity (Wildman–Crippen MR) is 52.5 cm³/mol. The summed E-state index contributed by atoms with van der Waals surface area (Å²) in [7, 11) is 1.47. The summed E-state index contributed by atoms with van der Waals surface area (Å²) in [5, 5.41) is 21.6. The number of hydrogen-bond donors (Lipinski definition) is 2. The summed E-state index contributed by atoms with van der Waals surface area (Å²) < 4.78 is 0. The molecule has 0 heterocycles. The van der Waals surface area contributed by atoms with Crippen LogP contribution in [0.3, 0.4) is 0 Å². The van der Waals surface area contributed by atoms with Gasteiger partial charge in [-0.1, -0.05) is 12.1 Å². The number of likely N-dealkylation sites (N-methyl/N-ethyl adjacent to an activating group) is 1. The smallest absolute Gasteiger partial charge is 0.285 e. The predicted octanol–water partition coefficient (Wildman–Crippen LogP) is 1.39. The molecule has 0 spiro atoms. The molecule has 82 valence electrons. The van der Waals surface area contributed by atoms with Crippen LogP contribution >= 0.6 is 0 Å². The van der Waals surface area contributed by atoms with Gasteiger partial charge in [-0.3, -0.25) is 4.79 Å². The summed E-state index contributed by atoms with van der Waals surface area (Å²) in [6, 6.07) is 5.79. The molecule has 1 aromatic carbocycles. The summed E-state index contributed by atoms with van der Waals surface area (Å²) in [5.41, 5.74) is 0.767. The van der Waals surface area contributed by atoms with Crippen molar-refractivity contribution in [3.8, 4) is 5.75 Å². The number of nitrogens with zero attached hydrogens (tertiary/aromatic N) is 1. The van der Waals surface area contributed by atoms with Crippen molar-refractivity contribution < 1.29 is 36.1 Å². The molecule has 0 amide bonds. The van der Waals surface area contributed by atoms with Crippen LogP contribution in [0.4, 0.5) is 0 Å². The minimum atomic E-state index is -0.948. The molecule has 0 aliphatic rings. The number of hydrogen-bond acceptors (Lipinski definition) is 2. The molecular weight excluding hydrogens is 366 g/mol. The molecule has 0 fully saturated rings. The molecule has 0 bridgehead atoms. The third-order valence-electron chi connectivity index (χ3n) is 1.94. The Hall–Kier alpha value is -0.862. The van der Waals surface area contributed by atoms with E-state index in [1.165, 1.54) is 7.05 Å². The zero-order valence-electron chi connectivity index (χ0n) is 8.25. The van der Waals surface area contributed by atoms with E-state index in [1.54, 1.807) is 24.3 Å². The normalized spacial score (nSPS) is 11.5. The first-order valence-electron chi connectivity index (χ1n) is 4.23. The van der Waals surface area contributed by atoms with Gasteiger partial charge in [0.05, 0.1) is 0 Å². The molecule has 4 nitrogen and oxygen atoms in total. The summed E-state index contributed by atoms with van der Waals surface area (Å²) in [6.45, 7) is 0. The van der Waals surface area contributed by atoms with Crippen molar-refractivity contribution in [2.45, 2.75) is 12.5 Å². The molecule has 0 aromatic heterocycles. The largest absolute Gasteiger partial charge is 0.653 e. The average Bonchev–Trinajstić information content (AvgIpc) is 2.14. The van der Waals surface area contributed by atoms with E-state index in [2.05, 4.69) is 5.32 Å². The van der Waals surface area contributed by atoms with Gasteiger partial charge in [-0.2, -0.15) is 7.05 Å². The number of aliphatic carboxylic acids is 1. The Bertz CT molecular complexity index is 330. The van der Waals surface area contributed by atoms with E-state index in [9.17, 15) is 4.79 Å². The number of rotatable bonds is 4. The van der Waals surface area contributed by atoms with Gasteiger partial charge in [0.25, 0.3) is 5.97 Å². The Morgan fingerprint density at radius 1 is 1.53 bits per heavy atom. The molecule has 0 saturated carbocycles. The number of carbonyl (C=O) groups is 1. The topological polar surface area (TPSA) is 71.6 Å². The van der Waals surface area contributed by atoms with E-state index in [0.29, 0.717) is 6.42 Å². The first-order valence-corrected chi connectivity index (χ1v) is 4.23. The second-order valence-electron chi connectivity index (χ2n) is 2.99. The zero-order chi connectivity index (χ0) is 10.6. The molecule has 1 atom stereocenters. The van der Waals surface area contributed by atoms with Crippen LogP contribution in [0.2, 0.25) is 0 Å². The van der Waals surface area contributed by atoms with Gasteiger partial charge in [0, 0.05) is 21.1 Å². The Morgan fingerprint density at radius 2 is 2.20 bits per heavy atom. The molecular formula is C10H12NO3W-. The number of carboxylic acid groups (broad SMARTS) is 1. The van der Waals surface area contributed by atoms with Crippen LogP contribution in [0.1, 0.15) is 5.56 Å². The summed E-state index contributed by atoms with van der Waals surface area (Å²) >= 11 is 0. The van der Waals surface area contributed by atoms with Crippen LogP contribution in [0, 0.1) is 0 Å². The fraction of sp³-hybridized carbons (Fsp3) is 0.300. The van der Waals surface area contributed by atoms with Gasteiger partial charge in [-0.15, -0.1) is 0 Å². The van der Waals surface area contributed by atoms with Crippen molar-refractivity contribution in [1.82, 2.24) is 0 Å². The number of carboxylic acids is 1. The Kier molecular flexibility index (Phi) is 6.21. The van der Waals surface area contributed by atoms with E-state index in [1.807, 2.05) is 0 Å². The van der Waals surface area contributed by atoms with Gasteiger partial charge in [0.1, 0.15) is 5.75 Å². The van der Waals surface area contributed by atoms with E-state index in [-0.39, 0.29) is 26.8 Å². The molecule has 1 unspecified atom stereocenters. The van der Waals surface area contributed by atoms with Crippen LogP contribution in [-0.2, 0) is 32.3 Å². The fourth-order valence-corrected chi connectivity index (χ4v) is 1.20. The maximum atomic E-state index is 10.7. The molecule has 1 rings (SSSR count). The molecule has 5 heteroatoms. The van der Waals surface area contributed by atoms with Crippen molar-refractivity contribution in [1.29, 1.82) is 0 Å². The standard InChI is InChI=1S/C10H12NO3.W/c1-11-9(10(13)14)6-7-3-2-4-8(12)5-7;/h2-5,9,12H,6H2,1H3,(H,13,14);/q-1;. The number of benzene rings is 1. The average molecular weight is 378 g/mol. The number of phenolic OH excluding ortho intramolecular Hbond substituents is 1. The molecule has 1 aromatic rings. The van der Waals surface area contributed by atoms with Crippen LogP contribution in [0.25, 0.3) is 5.32 Å². The van der Waals surface area contributed by atoms with Gasteiger partial charge < -0.3 is 15.5 Å². The fourth-order valence-electron chi connectivity index (χ4n) is 1.20. The van der Waals surface area contributed by atoms with Crippen LogP contribution in [-0.4, -0.2) is 29.3 Å². The monoisotopic (exact) mass is 378 g/mol. The van der Waals surface area contributed by atoms with E-state index in [0.717, 1.165) is 5.56 Å².